The Balaban J connectivity index is 1.53. The molecule has 2 heterocycles. The fourth-order valence-corrected chi connectivity index (χ4v) is 3.38. The highest BCUT2D eigenvalue weighted by molar-refractivity contribution is 6.31. The van der Waals surface area contributed by atoms with Gasteiger partial charge in [0.2, 0.25) is 23.6 Å². The SMILES string of the molecule is Clc1cccc(-c2nnc(-c3ccccc3-c3nnc(-c4cccc(Cl)c4)o3)o2)c1. The third-order valence-electron chi connectivity index (χ3n) is 4.38. The van der Waals surface area contributed by atoms with Gasteiger partial charge in [0, 0.05) is 21.2 Å². The summed E-state index contributed by atoms with van der Waals surface area (Å²) in [6.45, 7) is 0. The smallest absolute Gasteiger partial charge is 0.248 e. The van der Waals surface area contributed by atoms with Gasteiger partial charge in [0.1, 0.15) is 0 Å². The number of aromatic nitrogens is 4. The van der Waals surface area contributed by atoms with Gasteiger partial charge in [-0.05, 0) is 48.5 Å². The van der Waals surface area contributed by atoms with E-state index in [9.17, 15) is 0 Å². The maximum Gasteiger partial charge on any atom is 0.248 e. The zero-order valence-electron chi connectivity index (χ0n) is 15.3. The summed E-state index contributed by atoms with van der Waals surface area (Å²) in [5, 5.41) is 17.8. The lowest BCUT2D eigenvalue weighted by atomic mass is 10.1. The van der Waals surface area contributed by atoms with Crippen molar-refractivity contribution in [3.63, 3.8) is 0 Å². The lowest BCUT2D eigenvalue weighted by molar-refractivity contribution is 0.577. The number of hydrogen-bond donors (Lipinski definition) is 0. The summed E-state index contributed by atoms with van der Waals surface area (Å²) in [4.78, 5) is 0. The lowest BCUT2D eigenvalue weighted by Crippen LogP contribution is -1.85. The van der Waals surface area contributed by atoms with Crippen molar-refractivity contribution in [2.45, 2.75) is 0 Å². The van der Waals surface area contributed by atoms with E-state index in [1.807, 2.05) is 48.5 Å². The average Bonchev–Trinajstić information content (AvgIpc) is 3.44. The second-order valence-corrected chi connectivity index (χ2v) is 7.26. The molecular weight excluding hydrogens is 423 g/mol. The monoisotopic (exact) mass is 434 g/mol. The van der Waals surface area contributed by atoms with Crippen LogP contribution in [-0.2, 0) is 0 Å². The molecule has 0 radical (unpaired) electrons. The van der Waals surface area contributed by atoms with Crippen LogP contribution in [-0.4, -0.2) is 20.4 Å². The van der Waals surface area contributed by atoms with Crippen LogP contribution in [0, 0.1) is 0 Å². The molecule has 0 unspecified atom stereocenters. The van der Waals surface area contributed by atoms with Gasteiger partial charge in [-0.1, -0.05) is 47.5 Å². The van der Waals surface area contributed by atoms with Gasteiger partial charge in [-0.3, -0.25) is 0 Å². The van der Waals surface area contributed by atoms with Crippen molar-refractivity contribution in [2.75, 3.05) is 0 Å². The van der Waals surface area contributed by atoms with Gasteiger partial charge in [-0.15, -0.1) is 20.4 Å². The zero-order valence-corrected chi connectivity index (χ0v) is 16.8. The van der Waals surface area contributed by atoms with E-state index in [1.165, 1.54) is 0 Å². The van der Waals surface area contributed by atoms with Crippen LogP contribution >= 0.6 is 23.2 Å². The number of hydrogen-bond acceptors (Lipinski definition) is 6. The molecule has 0 aliphatic carbocycles. The van der Waals surface area contributed by atoms with E-state index in [4.69, 9.17) is 32.0 Å². The molecule has 0 atom stereocenters. The summed E-state index contributed by atoms with van der Waals surface area (Å²) >= 11 is 12.1. The Hall–Kier alpha value is -3.48. The molecule has 5 rings (SSSR count). The van der Waals surface area contributed by atoms with Crippen LogP contribution in [0.15, 0.2) is 81.6 Å². The van der Waals surface area contributed by atoms with Gasteiger partial charge in [0.15, 0.2) is 0 Å². The molecule has 3 aromatic carbocycles. The second kappa shape index (κ2) is 7.74. The van der Waals surface area contributed by atoms with Gasteiger partial charge in [-0.2, -0.15) is 0 Å². The third-order valence-corrected chi connectivity index (χ3v) is 4.85. The molecule has 5 aromatic rings. The third kappa shape index (κ3) is 3.58. The number of halogens is 2. The van der Waals surface area contributed by atoms with Gasteiger partial charge < -0.3 is 8.83 Å². The van der Waals surface area contributed by atoms with Crippen molar-refractivity contribution in [3.05, 3.63) is 82.8 Å². The Morgan fingerprint density at radius 1 is 0.500 bits per heavy atom. The van der Waals surface area contributed by atoms with Crippen LogP contribution in [0.25, 0.3) is 45.8 Å². The molecule has 0 saturated heterocycles. The fourth-order valence-electron chi connectivity index (χ4n) is 3.00. The van der Waals surface area contributed by atoms with Gasteiger partial charge in [0.25, 0.3) is 0 Å². The molecule has 0 N–H and O–H groups in total. The maximum atomic E-state index is 6.06. The van der Waals surface area contributed by atoms with Crippen LogP contribution in [0.4, 0.5) is 0 Å². The van der Waals surface area contributed by atoms with Crippen LogP contribution < -0.4 is 0 Å². The van der Waals surface area contributed by atoms with Gasteiger partial charge in [-0.25, -0.2) is 0 Å². The molecule has 0 saturated carbocycles. The highest BCUT2D eigenvalue weighted by atomic mass is 35.5. The first-order valence-electron chi connectivity index (χ1n) is 8.96. The molecule has 6 nitrogen and oxygen atoms in total. The first-order valence-corrected chi connectivity index (χ1v) is 9.71. The summed E-state index contributed by atoms with van der Waals surface area (Å²) in [5.74, 6) is 1.41. The van der Waals surface area contributed by atoms with E-state index in [0.29, 0.717) is 44.7 Å². The molecule has 146 valence electrons. The molecule has 0 bridgehead atoms. The van der Waals surface area contributed by atoms with Crippen molar-refractivity contribution in [2.24, 2.45) is 0 Å². The molecule has 30 heavy (non-hydrogen) atoms. The van der Waals surface area contributed by atoms with Crippen LogP contribution in [0.5, 0.6) is 0 Å². The van der Waals surface area contributed by atoms with Crippen LogP contribution in [0.2, 0.25) is 10.0 Å². The Labute approximate surface area is 181 Å². The first-order chi connectivity index (χ1) is 14.7. The largest absolute Gasteiger partial charge is 0.416 e. The second-order valence-electron chi connectivity index (χ2n) is 6.39. The topological polar surface area (TPSA) is 77.8 Å². The van der Waals surface area contributed by atoms with Crippen molar-refractivity contribution in [1.82, 2.24) is 20.4 Å². The summed E-state index contributed by atoms with van der Waals surface area (Å²) in [7, 11) is 0. The molecule has 0 aliphatic heterocycles. The highest BCUT2D eigenvalue weighted by Crippen LogP contribution is 2.34. The van der Waals surface area contributed by atoms with Crippen molar-refractivity contribution >= 4 is 23.2 Å². The Morgan fingerprint density at radius 2 is 0.933 bits per heavy atom. The quantitative estimate of drug-likeness (QED) is 0.324. The Morgan fingerprint density at radius 3 is 1.37 bits per heavy atom. The summed E-state index contributed by atoms with van der Waals surface area (Å²) < 4.78 is 11.8. The predicted molar refractivity (Wildman–Crippen MR) is 114 cm³/mol. The maximum absolute atomic E-state index is 6.06. The molecule has 0 spiro atoms. The predicted octanol–water partition coefficient (Wildman–Crippen LogP) is 6.43. The lowest BCUT2D eigenvalue weighted by Gasteiger charge is -2.01. The molecule has 0 fully saturated rings. The van der Waals surface area contributed by atoms with Gasteiger partial charge >= 0.3 is 0 Å². The Bertz CT molecular complexity index is 1240. The van der Waals surface area contributed by atoms with E-state index >= 15 is 0 Å². The average molecular weight is 435 g/mol. The number of nitrogens with zero attached hydrogens (tertiary/aromatic N) is 4. The van der Waals surface area contributed by atoms with E-state index in [0.717, 1.165) is 11.1 Å². The van der Waals surface area contributed by atoms with E-state index < -0.39 is 0 Å². The normalized spacial score (nSPS) is 11.0. The first kappa shape index (κ1) is 18.5. The van der Waals surface area contributed by atoms with Crippen molar-refractivity contribution in [3.8, 4) is 45.8 Å². The van der Waals surface area contributed by atoms with Crippen LogP contribution in [0.1, 0.15) is 0 Å². The zero-order chi connectivity index (χ0) is 20.5. The van der Waals surface area contributed by atoms with Crippen molar-refractivity contribution < 1.29 is 8.83 Å². The molecule has 8 heteroatoms. The minimum atomic E-state index is 0.336. The van der Waals surface area contributed by atoms with E-state index in [-0.39, 0.29) is 0 Å². The molecular formula is C22H12Cl2N4O2. The molecule has 0 amide bonds. The Kier molecular flexibility index (Phi) is 4.78. The summed E-state index contributed by atoms with van der Waals surface area (Å²) in [5.41, 5.74) is 2.83. The minimum absolute atomic E-state index is 0.336. The highest BCUT2D eigenvalue weighted by Gasteiger charge is 2.19. The van der Waals surface area contributed by atoms with Gasteiger partial charge in [0.05, 0.1) is 11.1 Å². The number of rotatable bonds is 4. The summed E-state index contributed by atoms with van der Waals surface area (Å²) in [6, 6.07) is 21.9. The molecule has 0 aliphatic rings. The van der Waals surface area contributed by atoms with E-state index in [2.05, 4.69) is 20.4 Å². The van der Waals surface area contributed by atoms with Crippen molar-refractivity contribution in [1.29, 1.82) is 0 Å². The number of benzene rings is 3. The fraction of sp³-hybridized carbons (Fsp3) is 0. The molecule has 2 aromatic heterocycles. The summed E-state index contributed by atoms with van der Waals surface area (Å²) in [6.07, 6.45) is 0. The standard InChI is InChI=1S/C22H12Cl2N4O2/c23-15-7-3-5-13(11-15)19-25-27-21(29-19)17-9-1-2-10-18(17)22-28-26-20(30-22)14-6-4-8-16(24)12-14/h1-12H. The van der Waals surface area contributed by atoms with E-state index in [1.54, 1.807) is 24.3 Å². The van der Waals surface area contributed by atoms with Crippen LogP contribution in [0.3, 0.4) is 0 Å². The minimum Gasteiger partial charge on any atom is -0.416 e.